The minimum Gasteiger partial charge on any atom is -0.228 e. The van der Waals surface area contributed by atoms with Crippen LogP contribution in [0.3, 0.4) is 0 Å². The molecule has 0 spiro atoms. The average molecular weight is 716 g/mol. The van der Waals surface area contributed by atoms with E-state index >= 15 is 0 Å². The topological polar surface area (TPSA) is 64.5 Å². The smallest absolute Gasteiger partial charge is 0.164 e. The predicted octanol–water partition coefficient (Wildman–Crippen LogP) is 12.6. The van der Waals surface area contributed by atoms with Crippen LogP contribution in [0.25, 0.3) is 101 Å². The van der Waals surface area contributed by atoms with Crippen molar-refractivity contribution in [2.75, 3.05) is 0 Å². The van der Waals surface area contributed by atoms with Crippen molar-refractivity contribution in [1.82, 2.24) is 24.9 Å². The summed E-state index contributed by atoms with van der Waals surface area (Å²) in [7, 11) is 0. The number of aromatic nitrogens is 5. The molecule has 0 radical (unpaired) electrons. The summed E-state index contributed by atoms with van der Waals surface area (Å²) in [5, 5.41) is 4.35. The monoisotopic (exact) mass is 715 g/mol. The highest BCUT2D eigenvalue weighted by Crippen LogP contribution is 2.41. The molecule has 0 fully saturated rings. The first-order valence-corrected chi connectivity index (χ1v) is 18.7. The van der Waals surface area contributed by atoms with E-state index in [1.807, 2.05) is 78.9 Å². The molecule has 2 heterocycles. The Balaban J connectivity index is 1.21. The Labute approximate surface area is 324 Å². The Bertz CT molecular complexity index is 2950. The zero-order valence-corrected chi connectivity index (χ0v) is 30.3. The van der Waals surface area contributed by atoms with Crippen LogP contribution < -0.4 is 0 Å². The Kier molecular flexibility index (Phi) is 8.43. The summed E-state index contributed by atoms with van der Waals surface area (Å²) in [6.07, 6.45) is 0. The summed E-state index contributed by atoms with van der Waals surface area (Å²) in [6.45, 7) is 0. The summed E-state index contributed by atoms with van der Waals surface area (Å²) < 4.78 is 0. The SMILES string of the molecule is c1ccc(-c2nc(-c3c(-c4ccccc4)ccc4ccccc34)cc(-c3ccc(-c4nc(-c5ccccc5)nc(-c5ccccc5)n4)c4ccccc34)n2)cc1. The third kappa shape index (κ3) is 6.17. The van der Waals surface area contributed by atoms with Crippen LogP contribution >= 0.6 is 0 Å². The van der Waals surface area contributed by atoms with E-state index in [1.54, 1.807) is 0 Å². The first kappa shape index (κ1) is 33.0. The minimum absolute atomic E-state index is 0.608. The molecule has 0 N–H and O–H groups in total. The number of hydrogen-bond donors (Lipinski definition) is 0. The highest BCUT2D eigenvalue weighted by Gasteiger charge is 2.20. The molecule has 5 nitrogen and oxygen atoms in total. The molecule has 2 aromatic heterocycles. The normalized spacial score (nSPS) is 11.2. The Morgan fingerprint density at radius 3 is 1.25 bits per heavy atom. The maximum Gasteiger partial charge on any atom is 0.164 e. The van der Waals surface area contributed by atoms with Crippen molar-refractivity contribution in [1.29, 1.82) is 0 Å². The van der Waals surface area contributed by atoms with E-state index < -0.39 is 0 Å². The van der Waals surface area contributed by atoms with Crippen LogP contribution in [0.2, 0.25) is 0 Å². The van der Waals surface area contributed by atoms with Crippen LogP contribution in [0.5, 0.6) is 0 Å². The highest BCUT2D eigenvalue weighted by atomic mass is 15.0. The number of rotatable bonds is 7. The van der Waals surface area contributed by atoms with Crippen molar-refractivity contribution in [3.8, 4) is 79.2 Å². The molecule has 0 aliphatic rings. The molecule has 0 saturated heterocycles. The third-order valence-electron chi connectivity index (χ3n) is 10.2. The largest absolute Gasteiger partial charge is 0.228 e. The molecule has 0 aliphatic heterocycles. The second kappa shape index (κ2) is 14.3. The fourth-order valence-corrected chi connectivity index (χ4v) is 7.48. The molecule has 0 saturated carbocycles. The van der Waals surface area contributed by atoms with Crippen LogP contribution in [-0.4, -0.2) is 24.9 Å². The van der Waals surface area contributed by atoms with Gasteiger partial charge in [0.15, 0.2) is 23.3 Å². The average Bonchev–Trinajstić information content (AvgIpc) is 3.29. The maximum atomic E-state index is 5.32. The van der Waals surface area contributed by atoms with Crippen molar-refractivity contribution < 1.29 is 0 Å². The second-order valence-electron chi connectivity index (χ2n) is 13.6. The molecular formula is C51H33N5. The summed E-state index contributed by atoms with van der Waals surface area (Å²) >= 11 is 0. The quantitative estimate of drug-likeness (QED) is 0.164. The highest BCUT2D eigenvalue weighted by molar-refractivity contribution is 6.06. The number of nitrogens with zero attached hydrogens (tertiary/aromatic N) is 5. The molecule has 10 aromatic rings. The lowest BCUT2D eigenvalue weighted by atomic mass is 9.91. The van der Waals surface area contributed by atoms with Crippen molar-refractivity contribution in [3.05, 3.63) is 200 Å². The number of hydrogen-bond acceptors (Lipinski definition) is 5. The lowest BCUT2D eigenvalue weighted by molar-refractivity contribution is 1.08. The van der Waals surface area contributed by atoms with Gasteiger partial charge in [0.1, 0.15) is 0 Å². The van der Waals surface area contributed by atoms with Crippen LogP contribution in [0.4, 0.5) is 0 Å². The van der Waals surface area contributed by atoms with Crippen molar-refractivity contribution in [2.24, 2.45) is 0 Å². The van der Waals surface area contributed by atoms with Gasteiger partial charge in [0.05, 0.1) is 11.4 Å². The molecule has 8 aromatic carbocycles. The molecule has 5 heteroatoms. The van der Waals surface area contributed by atoms with Gasteiger partial charge in [-0.2, -0.15) is 0 Å². The van der Waals surface area contributed by atoms with Crippen LogP contribution in [-0.2, 0) is 0 Å². The van der Waals surface area contributed by atoms with E-state index in [4.69, 9.17) is 24.9 Å². The third-order valence-corrected chi connectivity index (χ3v) is 10.2. The predicted molar refractivity (Wildman–Crippen MR) is 228 cm³/mol. The van der Waals surface area contributed by atoms with Gasteiger partial charge in [0.25, 0.3) is 0 Å². The zero-order chi connectivity index (χ0) is 37.3. The fraction of sp³-hybridized carbons (Fsp3) is 0. The summed E-state index contributed by atoms with van der Waals surface area (Å²) in [6, 6.07) is 68.7. The molecular weight excluding hydrogens is 683 g/mol. The maximum absolute atomic E-state index is 5.32. The molecule has 0 unspecified atom stereocenters. The van der Waals surface area contributed by atoms with Crippen LogP contribution in [0.15, 0.2) is 200 Å². The Morgan fingerprint density at radius 1 is 0.250 bits per heavy atom. The molecule has 56 heavy (non-hydrogen) atoms. The zero-order valence-electron chi connectivity index (χ0n) is 30.3. The molecule has 262 valence electrons. The molecule has 0 atom stereocenters. The van der Waals surface area contributed by atoms with E-state index in [9.17, 15) is 0 Å². The van der Waals surface area contributed by atoms with Gasteiger partial charge < -0.3 is 0 Å². The minimum atomic E-state index is 0.608. The van der Waals surface area contributed by atoms with Crippen molar-refractivity contribution in [3.63, 3.8) is 0 Å². The fourth-order valence-electron chi connectivity index (χ4n) is 7.48. The van der Waals surface area contributed by atoms with Crippen LogP contribution in [0, 0.1) is 0 Å². The van der Waals surface area contributed by atoms with Gasteiger partial charge in [0, 0.05) is 33.4 Å². The van der Waals surface area contributed by atoms with E-state index in [-0.39, 0.29) is 0 Å². The van der Waals surface area contributed by atoms with E-state index in [0.29, 0.717) is 23.3 Å². The van der Waals surface area contributed by atoms with E-state index in [0.717, 1.165) is 77.4 Å². The van der Waals surface area contributed by atoms with Gasteiger partial charge in [0.2, 0.25) is 0 Å². The summed E-state index contributed by atoms with van der Waals surface area (Å²) in [5.41, 5.74) is 9.72. The first-order chi connectivity index (χ1) is 27.8. The van der Waals surface area contributed by atoms with Crippen molar-refractivity contribution in [2.45, 2.75) is 0 Å². The van der Waals surface area contributed by atoms with Crippen molar-refractivity contribution >= 4 is 21.5 Å². The second-order valence-corrected chi connectivity index (χ2v) is 13.6. The molecule has 0 bridgehead atoms. The Morgan fingerprint density at radius 2 is 0.661 bits per heavy atom. The number of fused-ring (bicyclic) bond motifs is 2. The lowest BCUT2D eigenvalue weighted by Crippen LogP contribution is -2.01. The van der Waals surface area contributed by atoms with Crippen LogP contribution in [0.1, 0.15) is 0 Å². The molecule has 0 amide bonds. The number of benzene rings is 8. The summed E-state index contributed by atoms with van der Waals surface area (Å²) in [4.78, 5) is 25.7. The van der Waals surface area contributed by atoms with Gasteiger partial charge in [-0.1, -0.05) is 188 Å². The lowest BCUT2D eigenvalue weighted by Gasteiger charge is -2.17. The standard InChI is InChI=1S/C51H33N5/c1-5-17-34(18-6-1)40-30-29-35-19-13-14-26-39(35)47(40)46-33-45(52-48(53-46)36-20-7-2-8-21-36)43-31-32-44(42-28-16-15-27-41(42)43)51-55-49(37-22-9-3-10-23-37)54-50(56-51)38-24-11-4-12-25-38/h1-33H. The van der Waals surface area contributed by atoms with Gasteiger partial charge in [-0.3, -0.25) is 0 Å². The molecule has 0 aliphatic carbocycles. The summed E-state index contributed by atoms with van der Waals surface area (Å²) in [5.74, 6) is 2.52. The van der Waals surface area contributed by atoms with E-state index in [1.165, 1.54) is 0 Å². The first-order valence-electron chi connectivity index (χ1n) is 18.7. The molecule has 10 rings (SSSR count). The van der Waals surface area contributed by atoms with Gasteiger partial charge in [-0.05, 0) is 44.8 Å². The van der Waals surface area contributed by atoms with E-state index in [2.05, 4.69) is 121 Å². The van der Waals surface area contributed by atoms with Gasteiger partial charge in [-0.25, -0.2) is 24.9 Å². The van der Waals surface area contributed by atoms with Gasteiger partial charge in [-0.15, -0.1) is 0 Å². The Hall–Kier alpha value is -7.63. The van der Waals surface area contributed by atoms with Gasteiger partial charge >= 0.3 is 0 Å².